The Morgan fingerprint density at radius 3 is 2.55 bits per heavy atom. The van der Waals surface area contributed by atoms with Gasteiger partial charge in [-0.2, -0.15) is 4.68 Å². The molecule has 6 heteroatoms. The fourth-order valence-corrected chi connectivity index (χ4v) is 2.85. The van der Waals surface area contributed by atoms with Crippen LogP contribution in [0.15, 0.2) is 29.1 Å². The lowest BCUT2D eigenvalue weighted by Gasteiger charge is -2.15. The summed E-state index contributed by atoms with van der Waals surface area (Å²) in [7, 11) is 0. The summed E-state index contributed by atoms with van der Waals surface area (Å²) in [5, 5.41) is -0.255. The van der Waals surface area contributed by atoms with E-state index in [-0.39, 0.29) is 22.7 Å². The molecule has 2 N–H and O–H groups in total. The highest BCUT2D eigenvalue weighted by atomic mass is 32.2. The summed E-state index contributed by atoms with van der Waals surface area (Å²) < 4.78 is 2.78. The molecule has 0 saturated heterocycles. The topological polar surface area (TPSA) is 70.0 Å². The van der Waals surface area contributed by atoms with Crippen LogP contribution < -0.4 is 11.3 Å². The molecule has 5 nitrogen and oxygen atoms in total. The molecule has 1 heterocycles. The number of nitrogens with zero attached hydrogens (tertiary/aromatic N) is 2. The van der Waals surface area contributed by atoms with Gasteiger partial charge >= 0.3 is 5.24 Å². The van der Waals surface area contributed by atoms with E-state index >= 15 is 0 Å². The highest BCUT2D eigenvalue weighted by Crippen LogP contribution is 2.28. The summed E-state index contributed by atoms with van der Waals surface area (Å²) in [6.45, 7) is 5.81. The predicted octanol–water partition coefficient (Wildman–Crippen LogP) is 3.51. The van der Waals surface area contributed by atoms with Crippen LogP contribution in [-0.2, 0) is 0 Å². The minimum atomic E-state index is -0.255. The predicted molar refractivity (Wildman–Crippen MR) is 92.6 cm³/mol. The number of anilines is 1. The molecule has 0 spiro atoms. The summed E-state index contributed by atoms with van der Waals surface area (Å²) in [5.74, 6) is 0.207. The molecule has 1 aromatic carbocycles. The summed E-state index contributed by atoms with van der Waals surface area (Å²) in [6.07, 6.45) is 2.42. The van der Waals surface area contributed by atoms with Crippen LogP contribution in [0.4, 0.5) is 10.6 Å². The normalized spacial score (nSPS) is 12.4. The van der Waals surface area contributed by atoms with Crippen LogP contribution in [0.1, 0.15) is 31.9 Å². The largest absolute Gasteiger partial charge is 0.383 e. The minimum Gasteiger partial charge on any atom is -0.383 e. The van der Waals surface area contributed by atoms with E-state index in [0.29, 0.717) is 5.56 Å². The van der Waals surface area contributed by atoms with Crippen molar-refractivity contribution in [1.82, 2.24) is 9.36 Å². The molecule has 0 aliphatic heterocycles. The van der Waals surface area contributed by atoms with Gasteiger partial charge in [-0.3, -0.25) is 9.59 Å². The summed E-state index contributed by atoms with van der Waals surface area (Å²) >= 11 is 1.04. The number of carbonyl (C=O) groups is 1. The second-order valence-electron chi connectivity index (χ2n) is 5.26. The third-order valence-corrected chi connectivity index (χ3v) is 4.41. The number of hydrogen-bond donors (Lipinski definition) is 1. The van der Waals surface area contributed by atoms with E-state index in [1.54, 1.807) is 6.26 Å². The van der Waals surface area contributed by atoms with Gasteiger partial charge in [0.2, 0.25) is 0 Å². The lowest BCUT2D eigenvalue weighted by Crippen LogP contribution is -2.29. The second kappa shape index (κ2) is 6.44. The first-order valence-corrected chi connectivity index (χ1v) is 8.43. The van der Waals surface area contributed by atoms with Crippen molar-refractivity contribution in [2.24, 2.45) is 0 Å². The van der Waals surface area contributed by atoms with Gasteiger partial charge in [-0.15, -0.1) is 0 Å². The molecule has 0 aliphatic rings. The summed E-state index contributed by atoms with van der Waals surface area (Å²) in [5.41, 5.74) is 8.10. The smallest absolute Gasteiger partial charge is 0.306 e. The summed E-state index contributed by atoms with van der Waals surface area (Å²) in [6, 6.07) is 7.45. The molecule has 1 unspecified atom stereocenters. The van der Waals surface area contributed by atoms with Crippen LogP contribution in [0.2, 0.25) is 0 Å². The van der Waals surface area contributed by atoms with Gasteiger partial charge in [-0.05, 0) is 37.7 Å². The monoisotopic (exact) mass is 319 g/mol. The number of carbonyl (C=O) groups excluding carboxylic acids is 1. The van der Waals surface area contributed by atoms with E-state index in [1.807, 2.05) is 45.0 Å². The lowest BCUT2D eigenvalue weighted by molar-refractivity contribution is 0.253. The van der Waals surface area contributed by atoms with Crippen LogP contribution in [0.3, 0.4) is 0 Å². The number of nitrogens with two attached hydrogens (primary N) is 1. The number of thioether (sulfide) groups is 1. The average molecular weight is 319 g/mol. The molecule has 2 aromatic rings. The molecule has 1 atom stereocenters. The van der Waals surface area contributed by atoms with Gasteiger partial charge in [0.05, 0.1) is 11.6 Å². The molecule has 2 rings (SSSR count). The Morgan fingerprint density at radius 1 is 1.36 bits per heavy atom. The fourth-order valence-electron chi connectivity index (χ4n) is 2.49. The van der Waals surface area contributed by atoms with Crippen LogP contribution in [0, 0.1) is 6.92 Å². The zero-order valence-corrected chi connectivity index (χ0v) is 14.1. The number of aromatic nitrogens is 2. The Hall–Kier alpha value is -1.95. The van der Waals surface area contributed by atoms with E-state index < -0.39 is 0 Å². The van der Waals surface area contributed by atoms with E-state index in [2.05, 4.69) is 0 Å². The molecule has 118 valence electrons. The maximum atomic E-state index is 12.9. The first kappa shape index (κ1) is 16.4. The highest BCUT2D eigenvalue weighted by molar-refractivity contribution is 8.13. The van der Waals surface area contributed by atoms with Gasteiger partial charge in [0.15, 0.2) is 0 Å². The van der Waals surface area contributed by atoms with Crippen LogP contribution in [0.5, 0.6) is 0 Å². The number of rotatable bonds is 3. The van der Waals surface area contributed by atoms with Gasteiger partial charge in [-0.1, -0.05) is 43.0 Å². The van der Waals surface area contributed by atoms with E-state index in [9.17, 15) is 9.59 Å². The first-order chi connectivity index (χ1) is 10.4. The maximum Gasteiger partial charge on any atom is 0.306 e. The fraction of sp³-hybridized carbons (Fsp3) is 0.375. The SMILES string of the molecule is CCC(C)n1c(=O)c(-c2ccccc2C)c(N)n1C(=O)SC. The van der Waals surface area contributed by atoms with E-state index in [4.69, 9.17) is 5.73 Å². The molecule has 0 saturated carbocycles. The van der Waals surface area contributed by atoms with Crippen molar-refractivity contribution in [3.05, 3.63) is 40.2 Å². The van der Waals surface area contributed by atoms with E-state index in [1.165, 1.54) is 9.36 Å². The van der Waals surface area contributed by atoms with Gasteiger partial charge < -0.3 is 5.73 Å². The van der Waals surface area contributed by atoms with Gasteiger partial charge in [0.25, 0.3) is 5.56 Å². The zero-order chi connectivity index (χ0) is 16.4. The zero-order valence-electron chi connectivity index (χ0n) is 13.3. The van der Waals surface area contributed by atoms with Crippen molar-refractivity contribution >= 4 is 22.8 Å². The molecule has 0 fully saturated rings. The molecule has 0 radical (unpaired) electrons. The quantitative estimate of drug-likeness (QED) is 0.940. The molecule has 0 aliphatic carbocycles. The van der Waals surface area contributed by atoms with Gasteiger partial charge in [0.1, 0.15) is 5.82 Å². The minimum absolute atomic E-state index is 0.108. The van der Waals surface area contributed by atoms with Crippen molar-refractivity contribution in [1.29, 1.82) is 0 Å². The molecule has 1 aromatic heterocycles. The Bertz CT molecular complexity index is 761. The first-order valence-electron chi connectivity index (χ1n) is 7.21. The molecular formula is C16H21N3O2S. The van der Waals surface area contributed by atoms with Crippen LogP contribution >= 0.6 is 11.8 Å². The average Bonchev–Trinajstić information content (AvgIpc) is 2.77. The maximum absolute atomic E-state index is 12.9. The number of aryl methyl sites for hydroxylation is 1. The Balaban J connectivity index is 2.83. The second-order valence-corrected chi connectivity index (χ2v) is 6.02. The van der Waals surface area contributed by atoms with Gasteiger partial charge in [-0.25, -0.2) is 4.68 Å². The standard InChI is InChI=1S/C16H21N3O2S/c1-5-11(3)18-15(20)13(12-9-7-6-8-10(12)2)14(17)19(18)16(21)22-4/h6-9,11H,5,17H2,1-4H3. The molecular weight excluding hydrogens is 298 g/mol. The van der Waals surface area contributed by atoms with Crippen LogP contribution in [-0.4, -0.2) is 20.9 Å². The lowest BCUT2D eigenvalue weighted by atomic mass is 10.0. The Morgan fingerprint density at radius 2 is 2.00 bits per heavy atom. The number of benzene rings is 1. The third kappa shape index (κ3) is 2.59. The Kier molecular flexibility index (Phi) is 4.81. The summed E-state index contributed by atoms with van der Waals surface area (Å²) in [4.78, 5) is 25.1. The van der Waals surface area contributed by atoms with Crippen molar-refractivity contribution in [2.75, 3.05) is 12.0 Å². The third-order valence-electron chi connectivity index (χ3n) is 3.89. The van der Waals surface area contributed by atoms with E-state index in [0.717, 1.165) is 29.3 Å². The number of hydrogen-bond acceptors (Lipinski definition) is 4. The van der Waals surface area contributed by atoms with Gasteiger partial charge in [0, 0.05) is 0 Å². The van der Waals surface area contributed by atoms with Crippen molar-refractivity contribution in [3.63, 3.8) is 0 Å². The van der Waals surface area contributed by atoms with Crippen LogP contribution in [0.25, 0.3) is 11.1 Å². The van der Waals surface area contributed by atoms with Crippen molar-refractivity contribution < 1.29 is 4.79 Å². The van der Waals surface area contributed by atoms with Crippen molar-refractivity contribution in [2.45, 2.75) is 33.2 Å². The Labute approximate surface area is 134 Å². The molecule has 0 bridgehead atoms. The highest BCUT2D eigenvalue weighted by Gasteiger charge is 2.25. The number of nitrogen functional groups attached to an aromatic ring is 1. The molecule has 22 heavy (non-hydrogen) atoms. The molecule has 0 amide bonds. The van der Waals surface area contributed by atoms with Crippen molar-refractivity contribution in [3.8, 4) is 11.1 Å².